The van der Waals surface area contributed by atoms with Gasteiger partial charge in [0.1, 0.15) is 17.9 Å². The number of hydrogen-bond acceptors (Lipinski definition) is 4. The van der Waals surface area contributed by atoms with Crippen LogP contribution in [0, 0.1) is 6.92 Å². The number of urea groups is 1. The Morgan fingerprint density at radius 1 is 1.30 bits per heavy atom. The fraction of sp³-hybridized carbons (Fsp3) is 0.333. The van der Waals surface area contributed by atoms with Gasteiger partial charge in [0.25, 0.3) is 5.91 Å². The number of hydrogen-bond donors (Lipinski definition) is 2. The van der Waals surface area contributed by atoms with Gasteiger partial charge >= 0.3 is 6.03 Å². The molecule has 8 nitrogen and oxygen atoms in total. The number of amides is 4. The average molecular weight is 390 g/mol. The van der Waals surface area contributed by atoms with Crippen LogP contribution in [0.4, 0.5) is 10.6 Å². The van der Waals surface area contributed by atoms with Gasteiger partial charge in [-0.25, -0.2) is 4.79 Å². The molecule has 0 spiro atoms. The molecule has 1 aliphatic rings. The van der Waals surface area contributed by atoms with Crippen LogP contribution < -0.4 is 10.6 Å². The lowest BCUT2D eigenvalue weighted by atomic mass is 9.87. The molecule has 1 saturated heterocycles. The highest BCUT2D eigenvalue weighted by Gasteiger charge is 2.51. The number of nitrogens with zero attached hydrogens (tertiary/aromatic N) is 3. The summed E-state index contributed by atoms with van der Waals surface area (Å²) in [7, 11) is 1.69. The lowest BCUT2D eigenvalue weighted by Crippen LogP contribution is -2.44. The molecule has 2 heterocycles. The molecule has 1 aliphatic heterocycles. The van der Waals surface area contributed by atoms with E-state index in [0.29, 0.717) is 22.8 Å². The molecule has 9 heteroatoms. The molecule has 3 rings (SSSR count). The first-order valence-corrected chi connectivity index (χ1v) is 8.85. The Labute approximate surface area is 161 Å². The predicted molar refractivity (Wildman–Crippen MR) is 100 cm³/mol. The molecule has 0 saturated carbocycles. The summed E-state index contributed by atoms with van der Waals surface area (Å²) in [5.41, 5.74) is 0.166. The molecule has 2 aromatic rings. The minimum absolute atomic E-state index is 0.345. The predicted octanol–water partition coefficient (Wildman–Crippen LogP) is 2.18. The maximum Gasteiger partial charge on any atom is 0.325 e. The van der Waals surface area contributed by atoms with Gasteiger partial charge in [-0.15, -0.1) is 0 Å². The second-order valence-electron chi connectivity index (χ2n) is 6.43. The third-order valence-corrected chi connectivity index (χ3v) is 4.87. The van der Waals surface area contributed by atoms with Crippen molar-refractivity contribution in [1.29, 1.82) is 0 Å². The summed E-state index contributed by atoms with van der Waals surface area (Å²) in [5.74, 6) is -0.456. The van der Waals surface area contributed by atoms with E-state index in [2.05, 4.69) is 15.7 Å². The number of benzene rings is 1. The summed E-state index contributed by atoms with van der Waals surface area (Å²) < 4.78 is 1.52. The molecule has 1 fully saturated rings. The van der Waals surface area contributed by atoms with Crippen LogP contribution in [0.1, 0.15) is 24.6 Å². The van der Waals surface area contributed by atoms with Crippen molar-refractivity contribution in [3.05, 3.63) is 46.6 Å². The number of aromatic nitrogens is 2. The van der Waals surface area contributed by atoms with E-state index in [0.717, 1.165) is 10.6 Å². The summed E-state index contributed by atoms with van der Waals surface area (Å²) in [6.07, 6.45) is 0.345. The largest absolute Gasteiger partial charge is 0.325 e. The number of carbonyl (C=O) groups is 3. The van der Waals surface area contributed by atoms with Crippen molar-refractivity contribution in [2.75, 3.05) is 11.9 Å². The van der Waals surface area contributed by atoms with Gasteiger partial charge in [-0.3, -0.25) is 19.2 Å². The molecule has 0 aliphatic carbocycles. The molecule has 0 radical (unpaired) electrons. The fourth-order valence-electron chi connectivity index (χ4n) is 3.20. The van der Waals surface area contributed by atoms with Crippen LogP contribution in [0.15, 0.2) is 30.3 Å². The number of carbonyl (C=O) groups excluding carboxylic acids is 3. The lowest BCUT2D eigenvalue weighted by Gasteiger charge is -2.25. The van der Waals surface area contributed by atoms with Gasteiger partial charge < -0.3 is 10.6 Å². The third-order valence-electron chi connectivity index (χ3n) is 4.61. The van der Waals surface area contributed by atoms with Gasteiger partial charge in [0.05, 0.1) is 5.69 Å². The molecule has 1 unspecified atom stereocenters. The van der Waals surface area contributed by atoms with E-state index in [1.54, 1.807) is 51.2 Å². The number of halogens is 1. The first kappa shape index (κ1) is 18.9. The Kier molecular flexibility index (Phi) is 4.93. The molecular formula is C18H20ClN5O3. The maximum atomic E-state index is 13.0. The van der Waals surface area contributed by atoms with Gasteiger partial charge in [0.15, 0.2) is 0 Å². The van der Waals surface area contributed by atoms with Gasteiger partial charge in [-0.2, -0.15) is 5.10 Å². The number of aryl methyl sites for hydroxylation is 2. The second-order valence-corrected chi connectivity index (χ2v) is 6.87. The Bertz CT molecular complexity index is 908. The molecular weight excluding hydrogens is 370 g/mol. The molecule has 1 aromatic carbocycles. The summed E-state index contributed by atoms with van der Waals surface area (Å²) in [6, 6.07) is 7.82. The van der Waals surface area contributed by atoms with E-state index in [-0.39, 0.29) is 6.54 Å². The quantitative estimate of drug-likeness (QED) is 0.766. The van der Waals surface area contributed by atoms with Crippen LogP contribution >= 0.6 is 11.6 Å². The highest BCUT2D eigenvalue weighted by atomic mass is 35.5. The second kappa shape index (κ2) is 7.03. The normalized spacial score (nSPS) is 19.3. The van der Waals surface area contributed by atoms with Crippen molar-refractivity contribution in [1.82, 2.24) is 20.0 Å². The van der Waals surface area contributed by atoms with Gasteiger partial charge in [0, 0.05) is 18.1 Å². The van der Waals surface area contributed by atoms with Crippen molar-refractivity contribution in [3.8, 4) is 0 Å². The van der Waals surface area contributed by atoms with Gasteiger partial charge in [-0.1, -0.05) is 30.7 Å². The summed E-state index contributed by atoms with van der Waals surface area (Å²) in [5, 5.41) is 10.1. The molecule has 2 N–H and O–H groups in total. The van der Waals surface area contributed by atoms with Gasteiger partial charge in [-0.05, 0) is 31.0 Å². The van der Waals surface area contributed by atoms with Crippen molar-refractivity contribution >= 4 is 35.3 Å². The monoisotopic (exact) mass is 389 g/mol. The molecule has 0 bridgehead atoms. The number of rotatable bonds is 5. The van der Waals surface area contributed by atoms with Crippen molar-refractivity contribution in [2.24, 2.45) is 7.05 Å². The van der Waals surface area contributed by atoms with Crippen molar-refractivity contribution in [3.63, 3.8) is 0 Å². The maximum absolute atomic E-state index is 13.0. The lowest BCUT2D eigenvalue weighted by molar-refractivity contribution is -0.134. The molecule has 4 amide bonds. The molecule has 142 valence electrons. The van der Waals surface area contributed by atoms with Crippen molar-refractivity contribution in [2.45, 2.75) is 25.8 Å². The minimum atomic E-state index is -1.20. The standard InChI is InChI=1S/C18H20ClN5O3/c1-4-18(12-5-7-13(19)8-6-12)16(26)24(17(27)21-18)10-15(25)20-14-9-11(2)22-23(14)3/h5-9H,4,10H2,1-3H3,(H,20,25)(H,21,27). The number of imide groups is 1. The number of nitrogens with one attached hydrogen (secondary N) is 2. The highest BCUT2D eigenvalue weighted by Crippen LogP contribution is 2.33. The zero-order chi connectivity index (χ0) is 19.8. The smallest absolute Gasteiger partial charge is 0.319 e. The number of anilines is 1. The van der Waals surface area contributed by atoms with E-state index in [1.807, 2.05) is 0 Å². The molecule has 1 aromatic heterocycles. The van der Waals surface area contributed by atoms with E-state index < -0.39 is 23.4 Å². The Balaban J connectivity index is 1.79. The van der Waals surface area contributed by atoms with Crippen LogP contribution in [0.5, 0.6) is 0 Å². The van der Waals surface area contributed by atoms with E-state index in [1.165, 1.54) is 4.68 Å². The van der Waals surface area contributed by atoms with Crippen LogP contribution in [0.3, 0.4) is 0 Å². The molecule has 1 atom stereocenters. The van der Waals surface area contributed by atoms with Crippen LogP contribution in [-0.2, 0) is 22.2 Å². The Morgan fingerprint density at radius 3 is 2.52 bits per heavy atom. The van der Waals surface area contributed by atoms with Gasteiger partial charge in [0.2, 0.25) is 5.91 Å². The van der Waals surface area contributed by atoms with Crippen LogP contribution in [0.25, 0.3) is 0 Å². The zero-order valence-electron chi connectivity index (χ0n) is 15.2. The topological polar surface area (TPSA) is 96.3 Å². The van der Waals surface area contributed by atoms with Crippen LogP contribution in [-0.4, -0.2) is 39.1 Å². The van der Waals surface area contributed by atoms with E-state index >= 15 is 0 Å². The van der Waals surface area contributed by atoms with E-state index in [9.17, 15) is 14.4 Å². The Hall–Kier alpha value is -2.87. The summed E-state index contributed by atoms with van der Waals surface area (Å²) >= 11 is 5.92. The SMILES string of the molecule is CCC1(c2ccc(Cl)cc2)NC(=O)N(CC(=O)Nc2cc(C)nn2C)C1=O. The third kappa shape index (κ3) is 3.40. The van der Waals surface area contributed by atoms with Crippen LogP contribution in [0.2, 0.25) is 5.02 Å². The first-order valence-electron chi connectivity index (χ1n) is 8.47. The molecule has 27 heavy (non-hydrogen) atoms. The fourth-order valence-corrected chi connectivity index (χ4v) is 3.32. The highest BCUT2D eigenvalue weighted by molar-refractivity contribution is 6.30. The first-order chi connectivity index (χ1) is 12.8. The zero-order valence-corrected chi connectivity index (χ0v) is 16.0. The Morgan fingerprint density at radius 2 is 1.96 bits per heavy atom. The average Bonchev–Trinajstić information content (AvgIpc) is 3.06. The van der Waals surface area contributed by atoms with Crippen molar-refractivity contribution < 1.29 is 14.4 Å². The summed E-state index contributed by atoms with van der Waals surface area (Å²) in [6.45, 7) is 3.22. The van der Waals surface area contributed by atoms with E-state index in [4.69, 9.17) is 11.6 Å². The summed E-state index contributed by atoms with van der Waals surface area (Å²) in [4.78, 5) is 38.7. The minimum Gasteiger partial charge on any atom is -0.319 e.